The molecule has 4 rings (SSSR count). The average molecular weight is 392 g/mol. The Labute approximate surface area is 165 Å². The summed E-state index contributed by atoms with van der Waals surface area (Å²) >= 11 is 0. The Bertz CT molecular complexity index is 1180. The van der Waals surface area contributed by atoms with Crippen LogP contribution >= 0.6 is 0 Å². The van der Waals surface area contributed by atoms with Crippen LogP contribution in [0.5, 0.6) is 11.5 Å². The molecule has 0 aliphatic carbocycles. The number of anilines is 1. The first-order valence-electron chi connectivity index (χ1n) is 8.77. The lowest BCUT2D eigenvalue weighted by Crippen LogP contribution is -2.12. The zero-order chi connectivity index (χ0) is 20.4. The third-order valence-electron chi connectivity index (χ3n) is 4.36. The number of carbonyl (C=O) groups excluding carboxylic acids is 1. The molecule has 0 radical (unpaired) electrons. The molecule has 1 amide bonds. The SMILES string of the molecule is COc1cc(OC)cc(C(=O)Nc2ccc3oc(-c4ccccc4F)nc3c2)c1. The van der Waals surface area contributed by atoms with Crippen molar-refractivity contribution in [3.05, 3.63) is 72.0 Å². The minimum Gasteiger partial charge on any atom is -0.497 e. The number of hydrogen-bond donors (Lipinski definition) is 1. The van der Waals surface area contributed by atoms with Crippen LogP contribution in [0.4, 0.5) is 10.1 Å². The second-order valence-electron chi connectivity index (χ2n) is 6.24. The lowest BCUT2D eigenvalue weighted by molar-refractivity contribution is 0.102. The van der Waals surface area contributed by atoms with Crippen molar-refractivity contribution in [1.29, 1.82) is 0 Å². The van der Waals surface area contributed by atoms with Crippen molar-refractivity contribution in [3.8, 4) is 23.0 Å². The van der Waals surface area contributed by atoms with E-state index in [0.29, 0.717) is 33.8 Å². The van der Waals surface area contributed by atoms with E-state index in [1.165, 1.54) is 20.3 Å². The molecule has 0 bridgehead atoms. The first-order chi connectivity index (χ1) is 14.1. The van der Waals surface area contributed by atoms with Crippen molar-refractivity contribution in [1.82, 2.24) is 4.98 Å². The molecule has 4 aromatic rings. The van der Waals surface area contributed by atoms with Crippen LogP contribution in [-0.2, 0) is 0 Å². The van der Waals surface area contributed by atoms with Crippen LogP contribution in [-0.4, -0.2) is 25.1 Å². The fourth-order valence-corrected chi connectivity index (χ4v) is 2.90. The summed E-state index contributed by atoms with van der Waals surface area (Å²) < 4.78 is 30.0. The highest BCUT2D eigenvalue weighted by atomic mass is 19.1. The van der Waals surface area contributed by atoms with Crippen LogP contribution < -0.4 is 14.8 Å². The Balaban J connectivity index is 1.62. The maximum absolute atomic E-state index is 14.0. The molecule has 6 nitrogen and oxygen atoms in total. The Hall–Kier alpha value is -3.87. The Morgan fingerprint density at radius 3 is 2.41 bits per heavy atom. The molecule has 1 N–H and O–H groups in total. The number of halogens is 1. The standard InChI is InChI=1S/C22H17FN2O4/c1-27-15-9-13(10-16(12-15)28-2)21(26)24-14-7-8-20-19(11-14)25-22(29-20)17-5-3-4-6-18(17)23/h3-12H,1-2H3,(H,24,26). The number of rotatable bonds is 5. The second kappa shape index (κ2) is 7.63. The summed E-state index contributed by atoms with van der Waals surface area (Å²) in [5, 5.41) is 2.81. The van der Waals surface area contributed by atoms with Gasteiger partial charge in [0.2, 0.25) is 5.89 Å². The largest absolute Gasteiger partial charge is 0.497 e. The summed E-state index contributed by atoms with van der Waals surface area (Å²) in [6.45, 7) is 0. The number of amides is 1. The van der Waals surface area contributed by atoms with Gasteiger partial charge in [0, 0.05) is 17.3 Å². The normalized spacial score (nSPS) is 10.7. The molecule has 0 aliphatic rings. The highest BCUT2D eigenvalue weighted by molar-refractivity contribution is 6.05. The van der Waals surface area contributed by atoms with Gasteiger partial charge in [-0.15, -0.1) is 0 Å². The molecule has 7 heteroatoms. The lowest BCUT2D eigenvalue weighted by atomic mass is 10.1. The van der Waals surface area contributed by atoms with E-state index in [-0.39, 0.29) is 17.4 Å². The topological polar surface area (TPSA) is 73.6 Å². The van der Waals surface area contributed by atoms with Crippen molar-refractivity contribution in [2.24, 2.45) is 0 Å². The fraction of sp³-hybridized carbons (Fsp3) is 0.0909. The van der Waals surface area contributed by atoms with Crippen molar-refractivity contribution >= 4 is 22.7 Å². The van der Waals surface area contributed by atoms with Gasteiger partial charge in [-0.25, -0.2) is 9.37 Å². The number of methoxy groups -OCH3 is 2. The minimum absolute atomic E-state index is 0.180. The number of benzene rings is 3. The van der Waals surface area contributed by atoms with E-state index in [4.69, 9.17) is 13.9 Å². The molecule has 1 heterocycles. The van der Waals surface area contributed by atoms with Crippen molar-refractivity contribution in [3.63, 3.8) is 0 Å². The van der Waals surface area contributed by atoms with E-state index in [0.717, 1.165) is 0 Å². The zero-order valence-corrected chi connectivity index (χ0v) is 15.7. The number of nitrogens with zero attached hydrogens (tertiary/aromatic N) is 1. The quantitative estimate of drug-likeness (QED) is 0.523. The lowest BCUT2D eigenvalue weighted by Gasteiger charge is -2.09. The van der Waals surface area contributed by atoms with E-state index < -0.39 is 5.82 Å². The van der Waals surface area contributed by atoms with Gasteiger partial charge in [-0.1, -0.05) is 12.1 Å². The third-order valence-corrected chi connectivity index (χ3v) is 4.36. The second-order valence-corrected chi connectivity index (χ2v) is 6.24. The molecular formula is C22H17FN2O4. The zero-order valence-electron chi connectivity index (χ0n) is 15.7. The van der Waals surface area contributed by atoms with Gasteiger partial charge in [0.05, 0.1) is 19.8 Å². The van der Waals surface area contributed by atoms with Crippen LogP contribution in [0.25, 0.3) is 22.6 Å². The number of ether oxygens (including phenoxy) is 2. The fourth-order valence-electron chi connectivity index (χ4n) is 2.90. The van der Waals surface area contributed by atoms with Crippen LogP contribution in [0.1, 0.15) is 10.4 Å². The Morgan fingerprint density at radius 2 is 1.72 bits per heavy atom. The van der Waals surface area contributed by atoms with Gasteiger partial charge < -0.3 is 19.2 Å². The molecule has 0 atom stereocenters. The summed E-state index contributed by atoms with van der Waals surface area (Å²) in [4.78, 5) is 17.0. The molecular weight excluding hydrogens is 375 g/mol. The van der Waals surface area contributed by atoms with Crippen molar-refractivity contribution in [2.45, 2.75) is 0 Å². The molecule has 3 aromatic carbocycles. The molecule has 0 saturated heterocycles. The predicted molar refractivity (Wildman–Crippen MR) is 107 cm³/mol. The number of fused-ring (bicyclic) bond motifs is 1. The summed E-state index contributed by atoms with van der Waals surface area (Å²) in [7, 11) is 3.03. The van der Waals surface area contributed by atoms with E-state index in [1.54, 1.807) is 54.6 Å². The molecule has 0 spiro atoms. The van der Waals surface area contributed by atoms with Gasteiger partial charge in [0.1, 0.15) is 22.8 Å². The van der Waals surface area contributed by atoms with Gasteiger partial charge in [0.15, 0.2) is 5.58 Å². The predicted octanol–water partition coefficient (Wildman–Crippen LogP) is 4.90. The summed E-state index contributed by atoms with van der Waals surface area (Å²) in [6.07, 6.45) is 0. The summed E-state index contributed by atoms with van der Waals surface area (Å²) in [5.41, 5.74) is 2.18. The third kappa shape index (κ3) is 3.75. The molecule has 0 saturated carbocycles. The van der Waals surface area contributed by atoms with E-state index >= 15 is 0 Å². The van der Waals surface area contributed by atoms with Crippen molar-refractivity contribution < 1.29 is 23.1 Å². The van der Waals surface area contributed by atoms with Crippen LogP contribution in [0.2, 0.25) is 0 Å². The number of aromatic nitrogens is 1. The molecule has 0 unspecified atom stereocenters. The summed E-state index contributed by atoms with van der Waals surface area (Å²) in [5.74, 6) is 0.449. The maximum Gasteiger partial charge on any atom is 0.255 e. The number of nitrogens with one attached hydrogen (secondary N) is 1. The molecule has 0 fully saturated rings. The smallest absolute Gasteiger partial charge is 0.255 e. The average Bonchev–Trinajstić information content (AvgIpc) is 3.16. The Kier molecular flexibility index (Phi) is 4.87. The first kappa shape index (κ1) is 18.5. The number of hydrogen-bond acceptors (Lipinski definition) is 5. The van der Waals surface area contributed by atoms with E-state index in [1.807, 2.05) is 0 Å². The highest BCUT2D eigenvalue weighted by Gasteiger charge is 2.14. The highest BCUT2D eigenvalue weighted by Crippen LogP contribution is 2.28. The molecule has 29 heavy (non-hydrogen) atoms. The van der Waals surface area contributed by atoms with E-state index in [2.05, 4.69) is 10.3 Å². The van der Waals surface area contributed by atoms with Crippen LogP contribution in [0, 0.1) is 5.82 Å². The van der Waals surface area contributed by atoms with Crippen molar-refractivity contribution in [2.75, 3.05) is 19.5 Å². The maximum atomic E-state index is 14.0. The summed E-state index contributed by atoms with van der Waals surface area (Å²) in [6, 6.07) is 16.2. The van der Waals surface area contributed by atoms with Gasteiger partial charge in [-0.3, -0.25) is 4.79 Å². The Morgan fingerprint density at radius 1 is 1.00 bits per heavy atom. The van der Waals surface area contributed by atoms with Gasteiger partial charge >= 0.3 is 0 Å². The molecule has 146 valence electrons. The number of carbonyl (C=O) groups is 1. The van der Waals surface area contributed by atoms with Gasteiger partial charge in [0.25, 0.3) is 5.91 Å². The van der Waals surface area contributed by atoms with Gasteiger partial charge in [-0.05, 0) is 42.5 Å². The monoisotopic (exact) mass is 392 g/mol. The van der Waals surface area contributed by atoms with E-state index in [9.17, 15) is 9.18 Å². The van der Waals surface area contributed by atoms with Crippen LogP contribution in [0.15, 0.2) is 65.1 Å². The molecule has 1 aromatic heterocycles. The molecule has 0 aliphatic heterocycles. The number of oxazole rings is 1. The van der Waals surface area contributed by atoms with Gasteiger partial charge in [-0.2, -0.15) is 0 Å². The van der Waals surface area contributed by atoms with Crippen LogP contribution in [0.3, 0.4) is 0 Å². The first-order valence-corrected chi connectivity index (χ1v) is 8.77. The minimum atomic E-state index is -0.417.